The quantitative estimate of drug-likeness (QED) is 0.487. The van der Waals surface area contributed by atoms with E-state index >= 15 is 0 Å². The van der Waals surface area contributed by atoms with Gasteiger partial charge >= 0.3 is 5.97 Å². The Bertz CT molecular complexity index is 1060. The molecule has 0 aliphatic rings. The molecule has 6 heteroatoms. The predicted octanol–water partition coefficient (Wildman–Crippen LogP) is 5.86. The molecule has 3 aromatic rings. The Balaban J connectivity index is 1.79. The van der Waals surface area contributed by atoms with Crippen LogP contribution in [-0.4, -0.2) is 19.0 Å². The Morgan fingerprint density at radius 2 is 1.67 bits per heavy atom. The van der Waals surface area contributed by atoms with Gasteiger partial charge in [0.15, 0.2) is 0 Å². The summed E-state index contributed by atoms with van der Waals surface area (Å²) in [7, 11) is 1.34. The zero-order chi connectivity index (χ0) is 21.7. The first-order valence-corrected chi connectivity index (χ1v) is 10.1. The lowest BCUT2D eigenvalue weighted by atomic mass is 9.98. The van der Waals surface area contributed by atoms with Crippen LogP contribution in [0.1, 0.15) is 50.4 Å². The lowest BCUT2D eigenvalue weighted by Crippen LogP contribution is -2.27. The molecule has 0 aliphatic carbocycles. The lowest BCUT2D eigenvalue weighted by Gasteiger charge is -2.17. The van der Waals surface area contributed by atoms with Gasteiger partial charge in [-0.2, -0.15) is 0 Å². The summed E-state index contributed by atoms with van der Waals surface area (Å²) in [5, 5.41) is 4.14. The molecule has 4 nitrogen and oxygen atoms in total. The van der Waals surface area contributed by atoms with Crippen molar-refractivity contribution in [1.29, 1.82) is 0 Å². The van der Waals surface area contributed by atoms with Gasteiger partial charge < -0.3 is 10.1 Å². The Kier molecular flexibility index (Phi) is 7.14. The molecule has 30 heavy (non-hydrogen) atoms. The van der Waals surface area contributed by atoms with E-state index in [2.05, 4.69) is 5.32 Å². The van der Waals surface area contributed by atoms with Crippen molar-refractivity contribution in [3.63, 3.8) is 0 Å². The molecule has 1 atom stereocenters. The molecule has 0 aliphatic heterocycles. The fourth-order valence-electron chi connectivity index (χ4n) is 3.16. The number of carbonyl (C=O) groups excluding carboxylic acids is 2. The van der Waals surface area contributed by atoms with E-state index in [1.807, 2.05) is 37.3 Å². The molecule has 154 valence electrons. The van der Waals surface area contributed by atoms with E-state index < -0.39 is 5.97 Å². The number of benzene rings is 3. The largest absolute Gasteiger partial charge is 0.465 e. The van der Waals surface area contributed by atoms with Crippen molar-refractivity contribution in [3.8, 4) is 0 Å². The van der Waals surface area contributed by atoms with Crippen LogP contribution in [-0.2, 0) is 11.2 Å². The highest BCUT2D eigenvalue weighted by Gasteiger charge is 2.16. The summed E-state index contributed by atoms with van der Waals surface area (Å²) in [5.74, 6) is -0.623. The fourth-order valence-corrected chi connectivity index (χ4v) is 3.55. The lowest BCUT2D eigenvalue weighted by molar-refractivity contribution is 0.0600. The number of rotatable bonds is 6. The fraction of sp³-hybridized carbons (Fsp3) is 0.167. The second-order valence-corrected chi connectivity index (χ2v) is 7.79. The van der Waals surface area contributed by atoms with Crippen molar-refractivity contribution in [3.05, 3.63) is 105 Å². The summed E-state index contributed by atoms with van der Waals surface area (Å²) >= 11 is 12.2. The average molecular weight is 442 g/mol. The van der Waals surface area contributed by atoms with Crippen molar-refractivity contribution in [2.24, 2.45) is 0 Å². The topological polar surface area (TPSA) is 55.4 Å². The van der Waals surface area contributed by atoms with E-state index in [9.17, 15) is 9.59 Å². The molecular formula is C24H21Cl2NO3. The molecule has 0 bridgehead atoms. The van der Waals surface area contributed by atoms with Gasteiger partial charge in [-0.1, -0.05) is 53.5 Å². The van der Waals surface area contributed by atoms with Crippen molar-refractivity contribution < 1.29 is 14.3 Å². The second-order valence-electron chi connectivity index (χ2n) is 6.92. The third-order valence-electron chi connectivity index (χ3n) is 4.78. The van der Waals surface area contributed by atoms with Gasteiger partial charge in [-0.15, -0.1) is 0 Å². The van der Waals surface area contributed by atoms with Crippen LogP contribution in [0.15, 0.2) is 66.7 Å². The van der Waals surface area contributed by atoms with Gasteiger partial charge in [0.1, 0.15) is 0 Å². The number of hydrogen-bond donors (Lipinski definition) is 1. The molecule has 0 saturated carbocycles. The second kappa shape index (κ2) is 9.79. The summed E-state index contributed by atoms with van der Waals surface area (Å²) in [6.45, 7) is 1.88. The van der Waals surface area contributed by atoms with E-state index in [0.29, 0.717) is 27.6 Å². The zero-order valence-corrected chi connectivity index (χ0v) is 18.1. The van der Waals surface area contributed by atoms with Crippen LogP contribution in [0.4, 0.5) is 0 Å². The third-order valence-corrected chi connectivity index (χ3v) is 5.25. The average Bonchev–Trinajstić information content (AvgIpc) is 2.74. The Labute approximate surface area is 185 Å². The third kappa shape index (κ3) is 5.41. The van der Waals surface area contributed by atoms with Crippen LogP contribution in [0.3, 0.4) is 0 Å². The number of amides is 1. The molecule has 0 heterocycles. The van der Waals surface area contributed by atoms with E-state index in [1.54, 1.807) is 36.4 Å². The molecule has 1 amide bonds. The van der Waals surface area contributed by atoms with Crippen molar-refractivity contribution in [2.75, 3.05) is 7.11 Å². The van der Waals surface area contributed by atoms with Gasteiger partial charge in [-0.3, -0.25) is 4.79 Å². The van der Waals surface area contributed by atoms with Crippen LogP contribution in [0, 0.1) is 0 Å². The van der Waals surface area contributed by atoms with Crippen LogP contribution >= 0.6 is 23.2 Å². The van der Waals surface area contributed by atoms with E-state index in [-0.39, 0.29) is 11.9 Å². The van der Waals surface area contributed by atoms with E-state index in [0.717, 1.165) is 16.7 Å². The van der Waals surface area contributed by atoms with Crippen molar-refractivity contribution >= 4 is 35.1 Å². The van der Waals surface area contributed by atoms with Crippen molar-refractivity contribution in [1.82, 2.24) is 5.32 Å². The Morgan fingerprint density at radius 3 is 2.33 bits per heavy atom. The van der Waals surface area contributed by atoms with Crippen LogP contribution < -0.4 is 5.32 Å². The maximum absolute atomic E-state index is 13.0. The standard InChI is InChI=1S/C24H21Cl2NO3/c1-15(17-6-8-18(9-7-17)24(29)30-2)27-23(28)22-14-21(26)11-10-19(22)12-16-4-3-5-20(25)13-16/h3-11,13-15H,12H2,1-2H3,(H,27,28)/t15-/m0/s1. The molecule has 1 N–H and O–H groups in total. The molecule has 0 unspecified atom stereocenters. The smallest absolute Gasteiger partial charge is 0.337 e. The van der Waals surface area contributed by atoms with Gasteiger partial charge in [-0.25, -0.2) is 4.79 Å². The predicted molar refractivity (Wildman–Crippen MR) is 119 cm³/mol. The van der Waals surface area contributed by atoms with Gasteiger partial charge in [0.25, 0.3) is 5.91 Å². The minimum absolute atomic E-state index is 0.223. The number of hydrogen-bond acceptors (Lipinski definition) is 3. The first kappa shape index (κ1) is 21.9. The summed E-state index contributed by atoms with van der Waals surface area (Å²) in [6.07, 6.45) is 0.558. The van der Waals surface area contributed by atoms with Crippen LogP contribution in [0.2, 0.25) is 10.0 Å². The van der Waals surface area contributed by atoms with Gasteiger partial charge in [0, 0.05) is 15.6 Å². The SMILES string of the molecule is COC(=O)c1ccc([C@H](C)NC(=O)c2cc(Cl)ccc2Cc2cccc(Cl)c2)cc1. The first-order chi connectivity index (χ1) is 14.4. The van der Waals surface area contributed by atoms with Gasteiger partial charge in [0.05, 0.1) is 18.7 Å². The number of nitrogens with one attached hydrogen (secondary N) is 1. The highest BCUT2D eigenvalue weighted by atomic mass is 35.5. The van der Waals surface area contributed by atoms with Crippen LogP contribution in [0.25, 0.3) is 0 Å². The molecule has 0 aromatic heterocycles. The minimum Gasteiger partial charge on any atom is -0.465 e. The number of methoxy groups -OCH3 is 1. The maximum Gasteiger partial charge on any atom is 0.337 e. The molecule has 3 rings (SSSR count). The normalized spacial score (nSPS) is 11.6. The molecule has 0 spiro atoms. The van der Waals surface area contributed by atoms with Gasteiger partial charge in [0.2, 0.25) is 0 Å². The summed E-state index contributed by atoms with van der Waals surface area (Å²) in [6, 6.07) is 19.5. The number of ether oxygens (including phenoxy) is 1. The first-order valence-electron chi connectivity index (χ1n) is 9.39. The van der Waals surface area contributed by atoms with E-state index in [4.69, 9.17) is 27.9 Å². The zero-order valence-electron chi connectivity index (χ0n) is 16.6. The van der Waals surface area contributed by atoms with Crippen LogP contribution in [0.5, 0.6) is 0 Å². The molecule has 3 aromatic carbocycles. The Hall–Kier alpha value is -2.82. The minimum atomic E-state index is -0.400. The molecule has 0 fully saturated rings. The Morgan fingerprint density at radius 1 is 0.967 bits per heavy atom. The van der Waals surface area contributed by atoms with E-state index in [1.165, 1.54) is 7.11 Å². The summed E-state index contributed by atoms with van der Waals surface area (Å²) in [5.41, 5.74) is 3.70. The maximum atomic E-state index is 13.0. The summed E-state index contributed by atoms with van der Waals surface area (Å²) in [4.78, 5) is 24.6. The molecule has 0 radical (unpaired) electrons. The highest BCUT2D eigenvalue weighted by Crippen LogP contribution is 2.22. The monoisotopic (exact) mass is 441 g/mol. The van der Waals surface area contributed by atoms with Gasteiger partial charge in [-0.05, 0) is 66.4 Å². The molecule has 0 saturated heterocycles. The summed E-state index contributed by atoms with van der Waals surface area (Å²) < 4.78 is 4.71. The van der Waals surface area contributed by atoms with Crippen molar-refractivity contribution in [2.45, 2.75) is 19.4 Å². The number of halogens is 2. The number of carbonyl (C=O) groups is 2. The number of esters is 1. The molecular weight excluding hydrogens is 421 g/mol. The highest BCUT2D eigenvalue weighted by molar-refractivity contribution is 6.31.